The smallest absolute Gasteiger partial charge is 0.263 e. The van der Waals surface area contributed by atoms with Crippen LogP contribution in [0.5, 0.6) is 0 Å². The standard InChI is InChI=1S/C20H20FN3OS/c1-14-18(26-20(24-14)15-8-10-16(21)11-9-15)19(25)23-13-5-12-22-17-6-3-2-4-7-17/h2-4,6-11,22H,5,12-13H2,1H3,(H,23,25). The number of rotatable bonds is 7. The molecule has 0 aliphatic carbocycles. The van der Waals surface area contributed by atoms with Crippen molar-refractivity contribution in [3.8, 4) is 10.6 Å². The van der Waals surface area contributed by atoms with E-state index in [1.807, 2.05) is 37.3 Å². The summed E-state index contributed by atoms with van der Waals surface area (Å²) in [5, 5.41) is 6.96. The van der Waals surface area contributed by atoms with Gasteiger partial charge in [-0.05, 0) is 49.7 Å². The Hall–Kier alpha value is -2.73. The lowest BCUT2D eigenvalue weighted by molar-refractivity contribution is 0.0957. The van der Waals surface area contributed by atoms with E-state index in [2.05, 4.69) is 15.6 Å². The van der Waals surface area contributed by atoms with Gasteiger partial charge in [0.15, 0.2) is 0 Å². The third-order valence-electron chi connectivity index (χ3n) is 3.84. The van der Waals surface area contributed by atoms with Gasteiger partial charge in [0.1, 0.15) is 15.7 Å². The molecule has 1 heterocycles. The Morgan fingerprint density at radius 3 is 2.54 bits per heavy atom. The van der Waals surface area contributed by atoms with Crippen LogP contribution in [0.15, 0.2) is 54.6 Å². The molecule has 4 nitrogen and oxygen atoms in total. The van der Waals surface area contributed by atoms with Crippen LogP contribution >= 0.6 is 11.3 Å². The number of thiazole rings is 1. The molecule has 0 spiro atoms. The molecular weight excluding hydrogens is 349 g/mol. The zero-order valence-electron chi connectivity index (χ0n) is 14.5. The van der Waals surface area contributed by atoms with Gasteiger partial charge < -0.3 is 10.6 Å². The number of hydrogen-bond donors (Lipinski definition) is 2. The Balaban J connectivity index is 1.51. The molecule has 6 heteroatoms. The zero-order chi connectivity index (χ0) is 18.4. The number of anilines is 1. The second kappa shape index (κ2) is 8.58. The lowest BCUT2D eigenvalue weighted by Gasteiger charge is -2.07. The molecule has 2 aromatic carbocycles. The molecule has 134 valence electrons. The number of halogens is 1. The molecule has 3 rings (SSSR count). The fraction of sp³-hybridized carbons (Fsp3) is 0.200. The normalized spacial score (nSPS) is 10.5. The summed E-state index contributed by atoms with van der Waals surface area (Å²) in [6.07, 6.45) is 0.823. The molecule has 0 bridgehead atoms. The van der Waals surface area contributed by atoms with Crippen molar-refractivity contribution in [1.29, 1.82) is 0 Å². The molecule has 0 saturated carbocycles. The minimum atomic E-state index is -0.288. The first kappa shape index (κ1) is 18.1. The first-order chi connectivity index (χ1) is 12.6. The summed E-state index contributed by atoms with van der Waals surface area (Å²) in [7, 11) is 0. The molecule has 3 aromatic rings. The zero-order valence-corrected chi connectivity index (χ0v) is 15.3. The quantitative estimate of drug-likeness (QED) is 0.603. The maximum Gasteiger partial charge on any atom is 0.263 e. The second-order valence-corrected chi connectivity index (χ2v) is 6.84. The van der Waals surface area contributed by atoms with Crippen molar-refractivity contribution < 1.29 is 9.18 Å². The molecule has 0 radical (unpaired) electrons. The van der Waals surface area contributed by atoms with Gasteiger partial charge in [-0.3, -0.25) is 4.79 Å². The molecule has 26 heavy (non-hydrogen) atoms. The van der Waals surface area contributed by atoms with E-state index in [4.69, 9.17) is 0 Å². The van der Waals surface area contributed by atoms with Gasteiger partial charge >= 0.3 is 0 Å². The highest BCUT2D eigenvalue weighted by atomic mass is 32.1. The molecule has 0 fully saturated rings. The van der Waals surface area contributed by atoms with Crippen LogP contribution in [0.2, 0.25) is 0 Å². The van der Waals surface area contributed by atoms with Gasteiger partial charge in [0.25, 0.3) is 5.91 Å². The Morgan fingerprint density at radius 1 is 1.08 bits per heavy atom. The fourth-order valence-electron chi connectivity index (χ4n) is 2.48. The van der Waals surface area contributed by atoms with Crippen molar-refractivity contribution >= 4 is 22.9 Å². The highest BCUT2D eigenvalue weighted by molar-refractivity contribution is 7.17. The summed E-state index contributed by atoms with van der Waals surface area (Å²) in [5.74, 6) is -0.405. The third-order valence-corrected chi connectivity index (χ3v) is 5.04. The number of aromatic nitrogens is 1. The van der Waals surface area contributed by atoms with Gasteiger partial charge in [0.05, 0.1) is 5.69 Å². The van der Waals surface area contributed by atoms with Gasteiger partial charge in [-0.25, -0.2) is 9.37 Å². The first-order valence-electron chi connectivity index (χ1n) is 8.44. The van der Waals surface area contributed by atoms with Crippen LogP contribution in [0.4, 0.5) is 10.1 Å². The van der Waals surface area contributed by atoms with Crippen LogP contribution in [0.25, 0.3) is 10.6 Å². The molecule has 1 amide bonds. The largest absolute Gasteiger partial charge is 0.385 e. The van der Waals surface area contributed by atoms with Crippen molar-refractivity contribution in [3.63, 3.8) is 0 Å². The van der Waals surface area contributed by atoms with Gasteiger partial charge in [-0.15, -0.1) is 11.3 Å². The first-order valence-corrected chi connectivity index (χ1v) is 9.25. The van der Waals surface area contributed by atoms with Crippen molar-refractivity contribution in [2.24, 2.45) is 0 Å². The van der Waals surface area contributed by atoms with E-state index in [9.17, 15) is 9.18 Å². The van der Waals surface area contributed by atoms with E-state index < -0.39 is 0 Å². The van der Waals surface area contributed by atoms with Gasteiger partial charge in [-0.1, -0.05) is 18.2 Å². The van der Waals surface area contributed by atoms with Crippen LogP contribution in [0.3, 0.4) is 0 Å². The monoisotopic (exact) mass is 369 g/mol. The Bertz CT molecular complexity index is 863. The van der Waals surface area contributed by atoms with Crippen molar-refractivity contribution in [3.05, 3.63) is 71.0 Å². The van der Waals surface area contributed by atoms with Crippen molar-refractivity contribution in [1.82, 2.24) is 10.3 Å². The van der Waals surface area contributed by atoms with Gasteiger partial charge in [0, 0.05) is 24.3 Å². The maximum atomic E-state index is 13.0. The van der Waals surface area contributed by atoms with Crippen LogP contribution in [0.1, 0.15) is 21.8 Å². The number of carbonyl (C=O) groups is 1. The average Bonchev–Trinajstić information content (AvgIpc) is 3.04. The SMILES string of the molecule is Cc1nc(-c2ccc(F)cc2)sc1C(=O)NCCCNc1ccccc1. The minimum Gasteiger partial charge on any atom is -0.385 e. The van der Waals surface area contributed by atoms with Gasteiger partial charge in [-0.2, -0.15) is 0 Å². The molecule has 0 atom stereocenters. The maximum absolute atomic E-state index is 13.0. The number of benzene rings is 2. The Labute approximate surface area is 156 Å². The number of para-hydroxylation sites is 1. The van der Waals surface area contributed by atoms with Crippen LogP contribution in [-0.2, 0) is 0 Å². The predicted octanol–water partition coefficient (Wildman–Crippen LogP) is 4.49. The molecule has 0 aliphatic heterocycles. The molecular formula is C20H20FN3OS. The second-order valence-electron chi connectivity index (χ2n) is 5.84. The van der Waals surface area contributed by atoms with Crippen LogP contribution in [-0.4, -0.2) is 24.0 Å². The molecule has 0 unspecified atom stereocenters. The summed E-state index contributed by atoms with van der Waals surface area (Å²) in [4.78, 5) is 17.4. The van der Waals surface area contributed by atoms with Crippen LogP contribution < -0.4 is 10.6 Å². The third kappa shape index (κ3) is 4.67. The molecule has 0 aliphatic rings. The number of amides is 1. The molecule has 0 saturated heterocycles. The highest BCUT2D eigenvalue weighted by Gasteiger charge is 2.15. The van der Waals surface area contributed by atoms with E-state index in [1.54, 1.807) is 12.1 Å². The fourth-order valence-corrected chi connectivity index (χ4v) is 3.47. The number of hydrogen-bond acceptors (Lipinski definition) is 4. The Morgan fingerprint density at radius 2 is 1.81 bits per heavy atom. The number of nitrogens with zero attached hydrogens (tertiary/aromatic N) is 1. The van der Waals surface area contributed by atoms with E-state index in [0.29, 0.717) is 17.1 Å². The summed E-state index contributed by atoms with van der Waals surface area (Å²) in [6.45, 7) is 3.18. The highest BCUT2D eigenvalue weighted by Crippen LogP contribution is 2.28. The summed E-state index contributed by atoms with van der Waals surface area (Å²) in [5.41, 5.74) is 2.57. The average molecular weight is 369 g/mol. The van der Waals surface area contributed by atoms with Gasteiger partial charge in [0.2, 0.25) is 0 Å². The summed E-state index contributed by atoms with van der Waals surface area (Å²) >= 11 is 1.33. The summed E-state index contributed by atoms with van der Waals surface area (Å²) in [6, 6.07) is 16.1. The van der Waals surface area contributed by atoms with Crippen molar-refractivity contribution in [2.45, 2.75) is 13.3 Å². The van der Waals surface area contributed by atoms with E-state index in [1.165, 1.54) is 23.5 Å². The number of aryl methyl sites for hydroxylation is 1. The van der Waals surface area contributed by atoms with E-state index >= 15 is 0 Å². The lowest BCUT2D eigenvalue weighted by atomic mass is 10.2. The minimum absolute atomic E-state index is 0.118. The van der Waals surface area contributed by atoms with E-state index in [-0.39, 0.29) is 11.7 Å². The topological polar surface area (TPSA) is 54.0 Å². The van der Waals surface area contributed by atoms with Crippen LogP contribution in [0, 0.1) is 12.7 Å². The van der Waals surface area contributed by atoms with E-state index in [0.717, 1.165) is 29.2 Å². The number of nitrogens with one attached hydrogen (secondary N) is 2. The molecule has 2 N–H and O–H groups in total. The Kier molecular flexibility index (Phi) is 5.96. The number of carbonyl (C=O) groups excluding carboxylic acids is 1. The van der Waals surface area contributed by atoms with Crippen molar-refractivity contribution in [2.75, 3.05) is 18.4 Å². The lowest BCUT2D eigenvalue weighted by Crippen LogP contribution is -2.25. The molecule has 1 aromatic heterocycles. The predicted molar refractivity (Wildman–Crippen MR) is 104 cm³/mol. The summed E-state index contributed by atoms with van der Waals surface area (Å²) < 4.78 is 13.0.